The fourth-order valence-electron chi connectivity index (χ4n) is 4.60. The van der Waals surface area contributed by atoms with Crippen molar-refractivity contribution in [2.24, 2.45) is 0 Å². The molecule has 0 spiro atoms. The Labute approximate surface area is 214 Å². The number of nitrogens with zero attached hydrogens (tertiary/aromatic N) is 5. The van der Waals surface area contributed by atoms with Gasteiger partial charge in [0.1, 0.15) is 5.69 Å². The number of fused-ring (bicyclic) bond motifs is 1. The van der Waals surface area contributed by atoms with E-state index in [9.17, 15) is 14.4 Å². The number of methoxy groups -OCH3 is 1. The van der Waals surface area contributed by atoms with Crippen molar-refractivity contribution in [3.8, 4) is 16.9 Å². The quantitative estimate of drug-likeness (QED) is 0.389. The monoisotopic (exact) mass is 499 g/mol. The first-order valence-electron chi connectivity index (χ1n) is 12.3. The van der Waals surface area contributed by atoms with Crippen LogP contribution in [0.25, 0.3) is 16.9 Å². The molecule has 3 aliphatic heterocycles. The lowest BCUT2D eigenvalue weighted by Gasteiger charge is -2.35. The minimum atomic E-state index is -0.279. The molecule has 0 atom stereocenters. The van der Waals surface area contributed by atoms with Crippen molar-refractivity contribution < 1.29 is 14.3 Å². The van der Waals surface area contributed by atoms with Gasteiger partial charge in [0.15, 0.2) is 0 Å². The first kappa shape index (κ1) is 24.5. The fourth-order valence-corrected chi connectivity index (χ4v) is 4.60. The highest BCUT2D eigenvalue weighted by molar-refractivity contribution is 6.00. The van der Waals surface area contributed by atoms with E-state index in [2.05, 4.69) is 5.10 Å². The van der Waals surface area contributed by atoms with Gasteiger partial charge in [0.2, 0.25) is 5.91 Å². The average Bonchev–Trinajstić information content (AvgIpc) is 3.28. The van der Waals surface area contributed by atoms with Gasteiger partial charge in [0.05, 0.1) is 29.8 Å². The second kappa shape index (κ2) is 10.8. The van der Waals surface area contributed by atoms with E-state index in [4.69, 9.17) is 4.74 Å². The second-order valence-corrected chi connectivity index (χ2v) is 9.05. The molecule has 9 nitrogen and oxygen atoms in total. The van der Waals surface area contributed by atoms with Gasteiger partial charge in [-0.2, -0.15) is 9.78 Å². The summed E-state index contributed by atoms with van der Waals surface area (Å²) in [6.07, 6.45) is 3.80. The summed E-state index contributed by atoms with van der Waals surface area (Å²) in [5.41, 5.74) is 2.44. The van der Waals surface area contributed by atoms with Crippen LogP contribution in [0.4, 0.5) is 0 Å². The molecule has 3 aliphatic rings. The van der Waals surface area contributed by atoms with E-state index >= 15 is 0 Å². The number of hydrogen-bond acceptors (Lipinski definition) is 5. The van der Waals surface area contributed by atoms with Crippen LogP contribution in [0, 0.1) is 0 Å². The largest absolute Gasteiger partial charge is 0.383 e. The van der Waals surface area contributed by atoms with Crippen molar-refractivity contribution in [3.05, 3.63) is 94.5 Å². The van der Waals surface area contributed by atoms with Crippen LogP contribution in [0.1, 0.15) is 15.9 Å². The minimum absolute atomic E-state index is 0.0513. The van der Waals surface area contributed by atoms with Crippen LogP contribution in [0.5, 0.6) is 0 Å². The van der Waals surface area contributed by atoms with E-state index in [-0.39, 0.29) is 17.4 Å². The van der Waals surface area contributed by atoms with Gasteiger partial charge < -0.3 is 19.1 Å². The van der Waals surface area contributed by atoms with Crippen LogP contribution < -0.4 is 5.56 Å². The Morgan fingerprint density at radius 3 is 2.22 bits per heavy atom. The molecule has 2 aromatic rings. The van der Waals surface area contributed by atoms with Gasteiger partial charge >= 0.3 is 0 Å². The smallest absolute Gasteiger partial charge is 0.282 e. The molecular weight excluding hydrogens is 470 g/mol. The standard InChI is InChI=1S/C28H29N5O4/c1-37-17-16-30-19-23(26-24(20-30)28(36)33(29-26)22-10-6-3-7-11-22)27(35)32-14-12-31(13-15-32)25(34)18-21-8-4-2-5-9-21/h2-11,19-20H,12-18H2,1H3. The summed E-state index contributed by atoms with van der Waals surface area (Å²) in [5, 5.41) is 4.56. The highest BCUT2D eigenvalue weighted by Crippen LogP contribution is 2.24. The summed E-state index contributed by atoms with van der Waals surface area (Å²) in [7, 11) is 1.61. The Morgan fingerprint density at radius 2 is 1.54 bits per heavy atom. The van der Waals surface area contributed by atoms with E-state index in [1.165, 1.54) is 4.68 Å². The lowest BCUT2D eigenvalue weighted by molar-refractivity contribution is -0.131. The predicted molar refractivity (Wildman–Crippen MR) is 139 cm³/mol. The number of ether oxygens (including phenoxy) is 1. The zero-order valence-corrected chi connectivity index (χ0v) is 20.7. The normalized spacial score (nSPS) is 13.8. The molecule has 0 unspecified atom stereocenters. The number of carbonyl (C=O) groups excluding carboxylic acids is 2. The van der Waals surface area contributed by atoms with Gasteiger partial charge in [-0.1, -0.05) is 48.5 Å². The Bertz CT molecular complexity index is 1410. The van der Waals surface area contributed by atoms with Crippen molar-refractivity contribution in [1.29, 1.82) is 0 Å². The highest BCUT2D eigenvalue weighted by atomic mass is 16.5. The number of amides is 2. The summed E-state index contributed by atoms with van der Waals surface area (Å²) in [5.74, 6) is -0.153. The second-order valence-electron chi connectivity index (χ2n) is 9.05. The SMILES string of the molecule is COCCn1cc(C(=O)N2CCN(C(=O)Cc3ccccc3)CC2)c2nn(-c3ccccc3)c(=O)c-2c1. The molecule has 1 saturated heterocycles. The van der Waals surface area contributed by atoms with Gasteiger partial charge in [0.25, 0.3) is 11.5 Å². The molecular formula is C28H29N5O4. The summed E-state index contributed by atoms with van der Waals surface area (Å²) < 4.78 is 8.34. The molecule has 1 fully saturated rings. The Kier molecular flexibility index (Phi) is 7.14. The number of carbonyl (C=O) groups is 2. The summed E-state index contributed by atoms with van der Waals surface area (Å²) in [6, 6.07) is 18.8. The maximum absolute atomic E-state index is 13.7. The predicted octanol–water partition coefficient (Wildman–Crippen LogP) is 2.31. The molecule has 0 bridgehead atoms. The van der Waals surface area contributed by atoms with Crippen LogP contribution in [0.3, 0.4) is 0 Å². The molecule has 0 radical (unpaired) electrons. The summed E-state index contributed by atoms with van der Waals surface area (Å²) in [4.78, 5) is 43.3. The average molecular weight is 500 g/mol. The van der Waals surface area contributed by atoms with Crippen LogP contribution in [0.2, 0.25) is 0 Å². The zero-order chi connectivity index (χ0) is 25.8. The molecule has 5 rings (SSSR count). The van der Waals surface area contributed by atoms with E-state index in [1.54, 1.807) is 46.0 Å². The first-order chi connectivity index (χ1) is 18.0. The number of aromatic nitrogens is 3. The molecule has 0 aliphatic carbocycles. The first-order valence-corrected chi connectivity index (χ1v) is 12.3. The maximum atomic E-state index is 13.7. The lowest BCUT2D eigenvalue weighted by Crippen LogP contribution is -2.51. The molecule has 9 heteroatoms. The number of para-hydroxylation sites is 1. The maximum Gasteiger partial charge on any atom is 0.282 e. The molecule has 2 aromatic carbocycles. The third-order valence-electron chi connectivity index (χ3n) is 6.63. The minimum Gasteiger partial charge on any atom is -0.383 e. The summed E-state index contributed by atoms with van der Waals surface area (Å²) >= 11 is 0. The Morgan fingerprint density at radius 1 is 0.892 bits per heavy atom. The Balaban J connectivity index is 1.39. The van der Waals surface area contributed by atoms with Crippen molar-refractivity contribution in [2.45, 2.75) is 13.0 Å². The number of piperazine rings is 1. The molecule has 37 heavy (non-hydrogen) atoms. The fraction of sp³-hybridized carbons (Fsp3) is 0.286. The molecule has 0 saturated carbocycles. The van der Waals surface area contributed by atoms with Gasteiger partial charge in [0, 0.05) is 52.2 Å². The van der Waals surface area contributed by atoms with Gasteiger partial charge in [-0.3, -0.25) is 14.4 Å². The van der Waals surface area contributed by atoms with E-state index in [0.717, 1.165) is 5.56 Å². The van der Waals surface area contributed by atoms with E-state index in [1.807, 2.05) is 48.5 Å². The third kappa shape index (κ3) is 5.17. The zero-order valence-electron chi connectivity index (χ0n) is 20.7. The number of pyridine rings is 1. The summed E-state index contributed by atoms with van der Waals surface area (Å²) in [6.45, 7) is 2.68. The van der Waals surface area contributed by atoms with Crippen molar-refractivity contribution in [3.63, 3.8) is 0 Å². The van der Waals surface area contributed by atoms with Crippen LogP contribution in [-0.2, 0) is 22.5 Å². The van der Waals surface area contributed by atoms with E-state index in [0.29, 0.717) is 68.3 Å². The van der Waals surface area contributed by atoms with Crippen LogP contribution in [-0.4, -0.2) is 75.9 Å². The van der Waals surface area contributed by atoms with E-state index < -0.39 is 0 Å². The number of benzene rings is 2. The molecule has 0 N–H and O–H groups in total. The lowest BCUT2D eigenvalue weighted by atomic mass is 10.1. The van der Waals surface area contributed by atoms with Crippen molar-refractivity contribution in [1.82, 2.24) is 24.1 Å². The third-order valence-corrected chi connectivity index (χ3v) is 6.63. The molecule has 2 amide bonds. The van der Waals surface area contributed by atoms with Crippen molar-refractivity contribution in [2.75, 3.05) is 39.9 Å². The molecule has 3 heterocycles. The highest BCUT2D eigenvalue weighted by Gasteiger charge is 2.30. The van der Waals surface area contributed by atoms with Crippen molar-refractivity contribution >= 4 is 11.8 Å². The Hall–Kier alpha value is -4.24. The van der Waals surface area contributed by atoms with Crippen LogP contribution >= 0.6 is 0 Å². The van der Waals surface area contributed by atoms with Gasteiger partial charge in [-0.25, -0.2) is 0 Å². The van der Waals surface area contributed by atoms with Gasteiger partial charge in [-0.05, 0) is 17.7 Å². The molecule has 190 valence electrons. The topological polar surface area (TPSA) is 89.7 Å². The number of hydrogen-bond donors (Lipinski definition) is 0. The van der Waals surface area contributed by atoms with Gasteiger partial charge in [-0.15, -0.1) is 0 Å². The number of rotatable bonds is 7. The molecule has 0 aromatic heterocycles. The van der Waals surface area contributed by atoms with Crippen LogP contribution in [0.15, 0.2) is 77.9 Å².